The molecule has 0 amide bonds. The van der Waals surface area contributed by atoms with Gasteiger partial charge in [-0.25, -0.2) is 4.39 Å². The highest BCUT2D eigenvalue weighted by molar-refractivity contribution is 5.82. The molecule has 0 aliphatic heterocycles. The van der Waals surface area contributed by atoms with Gasteiger partial charge in [0.05, 0.1) is 5.69 Å². The van der Waals surface area contributed by atoms with E-state index in [2.05, 4.69) is 4.99 Å². The van der Waals surface area contributed by atoms with Gasteiger partial charge in [0, 0.05) is 11.9 Å². The first kappa shape index (κ1) is 11.3. The Labute approximate surface area is 99.6 Å². The first-order valence-corrected chi connectivity index (χ1v) is 5.31. The highest BCUT2D eigenvalue weighted by Crippen LogP contribution is 2.19. The first-order valence-electron chi connectivity index (χ1n) is 5.31. The van der Waals surface area contributed by atoms with Gasteiger partial charge in [0.25, 0.3) is 0 Å². The van der Waals surface area contributed by atoms with Crippen molar-refractivity contribution < 1.29 is 4.39 Å². The number of nitrogen functional groups attached to an aromatic ring is 1. The number of rotatable bonds is 2. The molecule has 0 bridgehead atoms. The fourth-order valence-electron chi connectivity index (χ4n) is 1.44. The smallest absolute Gasteiger partial charge is 0.123 e. The molecule has 0 heterocycles. The van der Waals surface area contributed by atoms with Gasteiger partial charge in [-0.15, -0.1) is 0 Å². The summed E-state index contributed by atoms with van der Waals surface area (Å²) in [5, 5.41) is 0. The zero-order chi connectivity index (χ0) is 12.3. The molecule has 2 rings (SSSR count). The van der Waals surface area contributed by atoms with Crippen molar-refractivity contribution >= 4 is 17.6 Å². The maximum absolute atomic E-state index is 12.7. The third-order valence-corrected chi connectivity index (χ3v) is 2.49. The third kappa shape index (κ3) is 2.91. The number of nitrogens with two attached hydrogens (primary N) is 1. The second kappa shape index (κ2) is 4.78. The summed E-state index contributed by atoms with van der Waals surface area (Å²) in [6.07, 6.45) is 1.70. The van der Waals surface area contributed by atoms with Crippen LogP contribution in [0.15, 0.2) is 47.5 Å². The Bertz CT molecular complexity index is 545. The van der Waals surface area contributed by atoms with Gasteiger partial charge < -0.3 is 5.73 Å². The molecule has 0 aromatic heterocycles. The largest absolute Gasteiger partial charge is 0.399 e. The van der Waals surface area contributed by atoms with Crippen molar-refractivity contribution in [1.82, 2.24) is 0 Å². The first-order chi connectivity index (χ1) is 8.15. The monoisotopic (exact) mass is 228 g/mol. The lowest BCUT2D eigenvalue weighted by molar-refractivity contribution is 0.628. The summed E-state index contributed by atoms with van der Waals surface area (Å²) < 4.78 is 12.7. The molecule has 0 unspecified atom stereocenters. The number of anilines is 1. The lowest BCUT2D eigenvalue weighted by Crippen LogP contribution is -1.87. The van der Waals surface area contributed by atoms with E-state index in [4.69, 9.17) is 5.73 Å². The molecule has 2 aromatic carbocycles. The minimum absolute atomic E-state index is 0.245. The molecule has 0 atom stereocenters. The zero-order valence-corrected chi connectivity index (χ0v) is 9.52. The average Bonchev–Trinajstić information content (AvgIpc) is 2.33. The van der Waals surface area contributed by atoms with Crippen LogP contribution < -0.4 is 5.73 Å². The van der Waals surface area contributed by atoms with E-state index in [1.54, 1.807) is 18.3 Å². The van der Waals surface area contributed by atoms with E-state index < -0.39 is 0 Å². The van der Waals surface area contributed by atoms with Crippen LogP contribution in [0.5, 0.6) is 0 Å². The lowest BCUT2D eigenvalue weighted by atomic mass is 10.2. The average molecular weight is 228 g/mol. The van der Waals surface area contributed by atoms with Gasteiger partial charge in [-0.3, -0.25) is 4.99 Å². The minimum Gasteiger partial charge on any atom is -0.399 e. The van der Waals surface area contributed by atoms with Crippen molar-refractivity contribution in [3.63, 3.8) is 0 Å². The van der Waals surface area contributed by atoms with Gasteiger partial charge in [-0.2, -0.15) is 0 Å². The van der Waals surface area contributed by atoms with Gasteiger partial charge in [0.15, 0.2) is 0 Å². The van der Waals surface area contributed by atoms with Gasteiger partial charge in [-0.1, -0.05) is 12.1 Å². The zero-order valence-electron chi connectivity index (χ0n) is 9.52. The molecule has 86 valence electrons. The van der Waals surface area contributed by atoms with E-state index >= 15 is 0 Å². The Balaban J connectivity index is 2.20. The van der Waals surface area contributed by atoms with E-state index in [9.17, 15) is 4.39 Å². The SMILES string of the molecule is Cc1cc(N=Cc2ccc(F)cc2)ccc1N. The van der Waals surface area contributed by atoms with Crippen LogP contribution in [0.1, 0.15) is 11.1 Å². The van der Waals surface area contributed by atoms with Crippen molar-refractivity contribution in [3.8, 4) is 0 Å². The highest BCUT2D eigenvalue weighted by atomic mass is 19.1. The van der Waals surface area contributed by atoms with Crippen molar-refractivity contribution in [2.75, 3.05) is 5.73 Å². The fourth-order valence-corrected chi connectivity index (χ4v) is 1.44. The second-order valence-electron chi connectivity index (χ2n) is 3.85. The van der Waals surface area contributed by atoms with Crippen LogP contribution in [0.4, 0.5) is 15.8 Å². The number of nitrogens with zero attached hydrogens (tertiary/aromatic N) is 1. The Morgan fingerprint density at radius 2 is 1.82 bits per heavy atom. The normalized spacial score (nSPS) is 10.9. The maximum Gasteiger partial charge on any atom is 0.123 e. The van der Waals surface area contributed by atoms with Crippen molar-refractivity contribution in [1.29, 1.82) is 0 Å². The quantitative estimate of drug-likeness (QED) is 0.620. The fraction of sp³-hybridized carbons (Fsp3) is 0.0714. The minimum atomic E-state index is -0.245. The molecule has 2 nitrogen and oxygen atoms in total. The molecule has 0 spiro atoms. The van der Waals surface area contributed by atoms with E-state index in [1.165, 1.54) is 12.1 Å². The Kier molecular flexibility index (Phi) is 3.19. The number of aliphatic imine (C=N–C) groups is 1. The summed E-state index contributed by atoms with van der Waals surface area (Å²) in [7, 11) is 0. The van der Waals surface area contributed by atoms with Crippen molar-refractivity contribution in [3.05, 3.63) is 59.4 Å². The van der Waals surface area contributed by atoms with Gasteiger partial charge in [0.2, 0.25) is 0 Å². The van der Waals surface area contributed by atoms with Crippen LogP contribution in [0.3, 0.4) is 0 Å². The topological polar surface area (TPSA) is 38.4 Å². The Hall–Kier alpha value is -2.16. The number of hydrogen-bond donors (Lipinski definition) is 1. The summed E-state index contributed by atoms with van der Waals surface area (Å²) >= 11 is 0. The molecule has 2 N–H and O–H groups in total. The molecule has 2 aromatic rings. The Morgan fingerprint density at radius 3 is 2.47 bits per heavy atom. The molecular weight excluding hydrogens is 215 g/mol. The van der Waals surface area contributed by atoms with Gasteiger partial charge >= 0.3 is 0 Å². The summed E-state index contributed by atoms with van der Waals surface area (Å²) in [4.78, 5) is 4.31. The number of halogens is 1. The molecule has 17 heavy (non-hydrogen) atoms. The number of aryl methyl sites for hydroxylation is 1. The summed E-state index contributed by atoms with van der Waals surface area (Å²) in [5.41, 5.74) is 9.17. The molecule has 0 saturated heterocycles. The van der Waals surface area contributed by atoms with Crippen LogP contribution in [0.2, 0.25) is 0 Å². The van der Waals surface area contributed by atoms with Crippen molar-refractivity contribution in [2.45, 2.75) is 6.92 Å². The Morgan fingerprint density at radius 1 is 1.12 bits per heavy atom. The maximum atomic E-state index is 12.7. The van der Waals surface area contributed by atoms with Crippen LogP contribution in [0.25, 0.3) is 0 Å². The molecule has 0 radical (unpaired) electrons. The van der Waals surface area contributed by atoms with E-state index in [0.29, 0.717) is 0 Å². The van der Waals surface area contributed by atoms with Crippen LogP contribution >= 0.6 is 0 Å². The van der Waals surface area contributed by atoms with E-state index in [0.717, 1.165) is 22.5 Å². The molecule has 0 fully saturated rings. The highest BCUT2D eigenvalue weighted by Gasteiger charge is 1.94. The molecule has 3 heteroatoms. The standard InChI is InChI=1S/C14H13FN2/c1-10-8-13(6-7-14(10)16)17-9-11-2-4-12(15)5-3-11/h2-9H,16H2,1H3. The lowest BCUT2D eigenvalue weighted by Gasteiger charge is -2.00. The number of hydrogen-bond acceptors (Lipinski definition) is 2. The molecule has 0 aliphatic carbocycles. The van der Waals surface area contributed by atoms with Gasteiger partial charge in [0.1, 0.15) is 5.82 Å². The van der Waals surface area contributed by atoms with E-state index in [1.807, 2.05) is 25.1 Å². The van der Waals surface area contributed by atoms with Crippen LogP contribution in [0, 0.1) is 12.7 Å². The predicted octanol–water partition coefficient (Wildman–Crippen LogP) is 3.47. The third-order valence-electron chi connectivity index (χ3n) is 2.49. The van der Waals surface area contributed by atoms with Gasteiger partial charge in [-0.05, 0) is 48.4 Å². The van der Waals surface area contributed by atoms with Crippen molar-refractivity contribution in [2.24, 2.45) is 4.99 Å². The van der Waals surface area contributed by atoms with Crippen LogP contribution in [-0.2, 0) is 0 Å². The van der Waals surface area contributed by atoms with Crippen LogP contribution in [-0.4, -0.2) is 6.21 Å². The second-order valence-corrected chi connectivity index (χ2v) is 3.85. The summed E-state index contributed by atoms with van der Waals surface area (Å²) in [6, 6.07) is 11.8. The molecular formula is C14H13FN2. The number of benzene rings is 2. The summed E-state index contributed by atoms with van der Waals surface area (Å²) in [6.45, 7) is 1.94. The summed E-state index contributed by atoms with van der Waals surface area (Å²) in [5.74, 6) is -0.245. The predicted molar refractivity (Wildman–Crippen MR) is 69.2 cm³/mol. The van der Waals surface area contributed by atoms with E-state index in [-0.39, 0.29) is 5.82 Å². The molecule has 0 aliphatic rings. The molecule has 0 saturated carbocycles.